The molecule has 65 heavy (non-hydrogen) atoms. The van der Waals surface area contributed by atoms with Crippen LogP contribution in [0.4, 0.5) is 0 Å². The fourth-order valence-corrected chi connectivity index (χ4v) is 15.1. The number of ether oxygens (including phenoxy) is 6. The summed E-state index contributed by atoms with van der Waals surface area (Å²) in [7, 11) is 0. The van der Waals surface area contributed by atoms with E-state index in [4.69, 9.17) is 28.4 Å². The lowest BCUT2D eigenvalue weighted by Gasteiger charge is -2.70. The highest BCUT2D eigenvalue weighted by molar-refractivity contribution is 5.85. The molecule has 4 saturated carbocycles. The van der Waals surface area contributed by atoms with Crippen LogP contribution in [0.1, 0.15) is 106 Å². The van der Waals surface area contributed by atoms with Crippen LogP contribution in [0.2, 0.25) is 0 Å². The number of carboxylic acid groups (broad SMARTS) is 1. The number of carbonyl (C=O) groups is 2. The molecular formula is C47H74O18. The molecule has 18 heteroatoms. The summed E-state index contributed by atoms with van der Waals surface area (Å²) in [5.41, 5.74) is -3.34. The molecule has 0 aromatic carbocycles. The minimum atomic E-state index is -1.77. The Hall–Kier alpha value is -1.88. The van der Waals surface area contributed by atoms with Crippen molar-refractivity contribution in [1.82, 2.24) is 0 Å². The van der Waals surface area contributed by atoms with Gasteiger partial charge in [0.05, 0.1) is 36.3 Å². The first-order valence-electron chi connectivity index (χ1n) is 23.9. The molecule has 7 fully saturated rings. The van der Waals surface area contributed by atoms with E-state index < -0.39 is 138 Å². The first-order chi connectivity index (χ1) is 30.4. The van der Waals surface area contributed by atoms with Gasteiger partial charge in [-0.05, 0) is 111 Å². The Morgan fingerprint density at radius 1 is 0.723 bits per heavy atom. The number of aliphatic hydroxyl groups excluding tert-OH is 9. The van der Waals surface area contributed by atoms with Gasteiger partial charge in [0.25, 0.3) is 0 Å². The second-order valence-electron chi connectivity index (χ2n) is 22.3. The number of carboxylic acids is 1. The molecule has 0 bridgehead atoms. The maximum absolute atomic E-state index is 14.7. The molecule has 3 saturated heterocycles. The Kier molecular flexibility index (Phi) is 13.3. The van der Waals surface area contributed by atoms with E-state index in [1.165, 1.54) is 0 Å². The molecule has 370 valence electrons. The maximum atomic E-state index is 14.7. The number of esters is 1. The average molecular weight is 927 g/mol. The number of rotatable bonds is 8. The molecule has 10 N–H and O–H groups in total. The molecule has 8 aliphatic rings. The lowest BCUT2D eigenvalue weighted by atomic mass is 9.33. The highest BCUT2D eigenvalue weighted by Gasteiger charge is 2.74. The summed E-state index contributed by atoms with van der Waals surface area (Å²) >= 11 is 0. The van der Waals surface area contributed by atoms with E-state index in [1.807, 2.05) is 0 Å². The summed E-state index contributed by atoms with van der Waals surface area (Å²) < 4.78 is 36.0. The minimum absolute atomic E-state index is 0.0356. The van der Waals surface area contributed by atoms with Gasteiger partial charge >= 0.3 is 11.9 Å². The molecule has 3 aliphatic heterocycles. The molecule has 0 spiro atoms. The summed E-state index contributed by atoms with van der Waals surface area (Å²) in [5, 5.41) is 106. The van der Waals surface area contributed by atoms with E-state index in [0.717, 1.165) is 5.57 Å². The predicted molar refractivity (Wildman–Crippen MR) is 225 cm³/mol. The van der Waals surface area contributed by atoms with Gasteiger partial charge < -0.3 is 79.5 Å². The SMILES string of the molecule is CC1CCC2(C(=O)OC3OC(CO)C(O)C(O)C3O)CCC3(C(=O)O)C(=CCC4C5(C)CCC(OC6OC(C)C(O)C(O)C6OC6OCC(O)C(O)C6O)C(C)(C)C5CCC43C)C2C1C. The van der Waals surface area contributed by atoms with Gasteiger partial charge in [0.15, 0.2) is 12.6 Å². The zero-order valence-electron chi connectivity index (χ0n) is 38.6. The van der Waals surface area contributed by atoms with Crippen molar-refractivity contribution in [2.75, 3.05) is 13.2 Å². The first kappa shape index (κ1) is 49.5. The van der Waals surface area contributed by atoms with Crippen molar-refractivity contribution < 1.29 is 89.1 Å². The highest BCUT2D eigenvalue weighted by Crippen LogP contribution is 2.76. The van der Waals surface area contributed by atoms with E-state index in [1.54, 1.807) is 6.92 Å². The van der Waals surface area contributed by atoms with Crippen LogP contribution in [0.15, 0.2) is 11.6 Å². The molecule has 3 heterocycles. The zero-order chi connectivity index (χ0) is 47.5. The Balaban J connectivity index is 1.08. The number of fused-ring (bicyclic) bond motifs is 7. The number of hydrogen-bond acceptors (Lipinski definition) is 17. The standard InChI is InChI=1S/C47H74O18/c1-20-10-15-46(42(59)65-39-36(56)33(53)32(52)25(18-48)62-39)16-17-47(41(57)58)23(29(46)21(20)2)8-9-27-44(6)13-12-28(43(4,5)26(44)11-14-45(27,47)7)63-40-37(34(54)30(50)22(3)61-40)64-38-35(55)31(51)24(49)19-60-38/h8,20-22,24-40,48-56H,9-19H2,1-7H3,(H,57,58). The van der Waals surface area contributed by atoms with E-state index in [-0.39, 0.29) is 48.5 Å². The topological polar surface area (TPSA) is 292 Å². The Morgan fingerprint density at radius 2 is 1.42 bits per heavy atom. The zero-order valence-corrected chi connectivity index (χ0v) is 38.6. The quantitative estimate of drug-likeness (QED) is 0.0912. The molecule has 0 aromatic rings. The Bertz CT molecular complexity index is 1810. The molecular weight excluding hydrogens is 852 g/mol. The Labute approximate surface area is 380 Å². The fraction of sp³-hybridized carbons (Fsp3) is 0.915. The van der Waals surface area contributed by atoms with Crippen molar-refractivity contribution in [1.29, 1.82) is 0 Å². The largest absolute Gasteiger partial charge is 0.481 e. The predicted octanol–water partition coefficient (Wildman–Crippen LogP) is 0.728. The van der Waals surface area contributed by atoms with Crippen LogP contribution in [0, 0.1) is 56.7 Å². The van der Waals surface area contributed by atoms with Gasteiger partial charge in [0, 0.05) is 0 Å². The maximum Gasteiger partial charge on any atom is 0.315 e. The van der Waals surface area contributed by atoms with Crippen molar-refractivity contribution in [2.24, 2.45) is 56.7 Å². The van der Waals surface area contributed by atoms with Crippen LogP contribution >= 0.6 is 0 Å². The smallest absolute Gasteiger partial charge is 0.315 e. The third-order valence-corrected chi connectivity index (χ3v) is 19.0. The van der Waals surface area contributed by atoms with Gasteiger partial charge in [-0.2, -0.15) is 0 Å². The van der Waals surface area contributed by atoms with Crippen LogP contribution in [0.5, 0.6) is 0 Å². The van der Waals surface area contributed by atoms with Crippen molar-refractivity contribution in [3.63, 3.8) is 0 Å². The second kappa shape index (κ2) is 17.5. The van der Waals surface area contributed by atoms with Crippen molar-refractivity contribution in [3.8, 4) is 0 Å². The number of allylic oxidation sites excluding steroid dienone is 1. The number of aliphatic carboxylic acids is 1. The summed E-state index contributed by atoms with van der Waals surface area (Å²) in [4.78, 5) is 29.1. The van der Waals surface area contributed by atoms with Gasteiger partial charge in [-0.1, -0.05) is 53.2 Å². The molecule has 0 amide bonds. The number of aliphatic hydroxyl groups is 9. The van der Waals surface area contributed by atoms with Crippen LogP contribution in [-0.4, -0.2) is 168 Å². The van der Waals surface area contributed by atoms with E-state index in [2.05, 4.69) is 47.6 Å². The molecule has 24 unspecified atom stereocenters. The number of hydrogen-bond donors (Lipinski definition) is 10. The number of carbonyl (C=O) groups excluding carboxylic acids is 1. The summed E-state index contributed by atoms with van der Waals surface area (Å²) in [6.07, 6.45) is -14.1. The first-order valence-corrected chi connectivity index (χ1v) is 23.9. The van der Waals surface area contributed by atoms with Crippen LogP contribution in [0.25, 0.3) is 0 Å². The molecule has 5 aliphatic carbocycles. The van der Waals surface area contributed by atoms with Gasteiger partial charge in [-0.15, -0.1) is 0 Å². The van der Waals surface area contributed by atoms with Crippen LogP contribution < -0.4 is 0 Å². The summed E-state index contributed by atoms with van der Waals surface area (Å²) in [6.45, 7) is 13.5. The van der Waals surface area contributed by atoms with E-state index in [9.17, 15) is 60.7 Å². The lowest BCUT2D eigenvalue weighted by Crippen LogP contribution is -2.68. The third-order valence-electron chi connectivity index (χ3n) is 19.0. The molecule has 0 aromatic heterocycles. The van der Waals surface area contributed by atoms with Crippen molar-refractivity contribution >= 4 is 11.9 Å². The van der Waals surface area contributed by atoms with Crippen molar-refractivity contribution in [2.45, 2.75) is 198 Å². The Morgan fingerprint density at radius 3 is 2.09 bits per heavy atom. The third kappa shape index (κ3) is 7.41. The summed E-state index contributed by atoms with van der Waals surface area (Å²) in [5.74, 6) is -2.08. The normalized spacial score (nSPS) is 54.2. The molecule has 8 rings (SSSR count). The minimum Gasteiger partial charge on any atom is -0.481 e. The lowest BCUT2D eigenvalue weighted by molar-refractivity contribution is -0.367. The van der Waals surface area contributed by atoms with E-state index in [0.29, 0.717) is 44.9 Å². The van der Waals surface area contributed by atoms with Gasteiger partial charge in [-0.3, -0.25) is 9.59 Å². The highest BCUT2D eigenvalue weighted by atomic mass is 16.8. The monoisotopic (exact) mass is 926 g/mol. The van der Waals surface area contributed by atoms with Gasteiger partial charge in [0.1, 0.15) is 61.0 Å². The van der Waals surface area contributed by atoms with Gasteiger partial charge in [-0.25, -0.2) is 0 Å². The summed E-state index contributed by atoms with van der Waals surface area (Å²) in [6, 6.07) is 0. The molecule has 24 atom stereocenters. The van der Waals surface area contributed by atoms with Crippen LogP contribution in [-0.2, 0) is 38.0 Å². The molecule has 0 radical (unpaired) electrons. The fourth-order valence-electron chi connectivity index (χ4n) is 15.1. The van der Waals surface area contributed by atoms with Crippen molar-refractivity contribution in [3.05, 3.63) is 11.6 Å². The molecule has 18 nitrogen and oxygen atoms in total. The van der Waals surface area contributed by atoms with E-state index >= 15 is 0 Å². The second-order valence-corrected chi connectivity index (χ2v) is 22.3. The van der Waals surface area contributed by atoms with Gasteiger partial charge in [0.2, 0.25) is 6.29 Å². The van der Waals surface area contributed by atoms with Crippen LogP contribution in [0.3, 0.4) is 0 Å². The average Bonchev–Trinajstić information content (AvgIpc) is 3.25.